The summed E-state index contributed by atoms with van der Waals surface area (Å²) in [7, 11) is 0. The Morgan fingerprint density at radius 3 is 1.87 bits per heavy atom. The van der Waals surface area contributed by atoms with Gasteiger partial charge in [0.15, 0.2) is 0 Å². The smallest absolute Gasteiger partial charge is 0.104 e. The molecule has 0 aromatic rings. The van der Waals surface area contributed by atoms with Crippen LogP contribution in [0.2, 0.25) is 0 Å². The van der Waals surface area contributed by atoms with E-state index in [9.17, 15) is 0 Å². The minimum atomic E-state index is -0.00799. The largest absolute Gasteiger partial charge is 0.373 e. The van der Waals surface area contributed by atoms with E-state index in [2.05, 4.69) is 48.5 Å². The normalized spacial score (nSPS) is 26.5. The van der Waals surface area contributed by atoms with E-state index in [4.69, 9.17) is 9.47 Å². The number of epoxide rings is 1. The highest BCUT2D eigenvalue weighted by molar-refractivity contribution is 4.73. The van der Waals surface area contributed by atoms with E-state index in [-0.39, 0.29) is 5.60 Å². The summed E-state index contributed by atoms with van der Waals surface area (Å²) in [5.41, 5.74) is -0.00799. The van der Waals surface area contributed by atoms with E-state index in [0.29, 0.717) is 6.10 Å². The first-order valence-electron chi connectivity index (χ1n) is 10.1. The van der Waals surface area contributed by atoms with Crippen molar-refractivity contribution in [3.63, 3.8) is 0 Å². The first-order valence-corrected chi connectivity index (χ1v) is 10.1. The SMILES string of the molecule is CC(C)(C)OCC1CO1.CCC.CCCC1CCCCC1CC. The molecule has 2 fully saturated rings. The van der Waals surface area contributed by atoms with Gasteiger partial charge in [-0.1, -0.05) is 79.1 Å². The van der Waals surface area contributed by atoms with Crippen LogP contribution in [0.1, 0.15) is 99.8 Å². The standard InChI is InChI=1S/C11H22.C7H14O2.C3H8/c1-3-7-11-9-6-5-8-10(11)4-2;1-7(2,3)9-5-6-4-8-6;1-3-2/h10-11H,3-9H2,1-2H3;6H,4-5H2,1-3H3;3H2,1-2H3. The molecule has 2 heteroatoms. The van der Waals surface area contributed by atoms with Crippen LogP contribution in [0, 0.1) is 11.8 Å². The van der Waals surface area contributed by atoms with Crippen LogP contribution in [0.3, 0.4) is 0 Å². The molecule has 1 aliphatic carbocycles. The Morgan fingerprint density at radius 1 is 0.957 bits per heavy atom. The molecule has 0 N–H and O–H groups in total. The molecule has 1 saturated heterocycles. The van der Waals surface area contributed by atoms with Gasteiger partial charge < -0.3 is 9.47 Å². The van der Waals surface area contributed by atoms with Crippen LogP contribution in [-0.4, -0.2) is 24.9 Å². The predicted molar refractivity (Wildman–Crippen MR) is 102 cm³/mol. The second-order valence-electron chi connectivity index (χ2n) is 8.09. The quantitative estimate of drug-likeness (QED) is 0.529. The van der Waals surface area contributed by atoms with E-state index in [1.807, 2.05) is 0 Å². The van der Waals surface area contributed by atoms with Gasteiger partial charge in [0.1, 0.15) is 6.10 Å². The van der Waals surface area contributed by atoms with Crippen LogP contribution in [0.15, 0.2) is 0 Å². The Balaban J connectivity index is 0.000000365. The zero-order valence-corrected chi connectivity index (χ0v) is 17.1. The van der Waals surface area contributed by atoms with Crippen molar-refractivity contribution in [2.75, 3.05) is 13.2 Å². The zero-order chi connectivity index (χ0) is 17.7. The average molecular weight is 329 g/mol. The number of rotatable bonds is 5. The lowest BCUT2D eigenvalue weighted by Gasteiger charge is -2.30. The summed E-state index contributed by atoms with van der Waals surface area (Å²) in [5, 5.41) is 0. The van der Waals surface area contributed by atoms with Gasteiger partial charge in [-0.15, -0.1) is 0 Å². The maximum Gasteiger partial charge on any atom is 0.104 e. The van der Waals surface area contributed by atoms with Crippen LogP contribution in [-0.2, 0) is 9.47 Å². The molecular formula is C21H44O2. The fourth-order valence-electron chi connectivity index (χ4n) is 3.08. The molecule has 2 rings (SSSR count). The maximum absolute atomic E-state index is 5.43. The van der Waals surface area contributed by atoms with Crippen LogP contribution >= 0.6 is 0 Å². The van der Waals surface area contributed by atoms with Crippen molar-refractivity contribution in [1.82, 2.24) is 0 Å². The Kier molecular flexibility index (Phi) is 13.2. The molecule has 1 heterocycles. The number of hydrogen-bond acceptors (Lipinski definition) is 2. The molecular weight excluding hydrogens is 284 g/mol. The van der Waals surface area contributed by atoms with Crippen molar-refractivity contribution in [1.29, 1.82) is 0 Å². The molecule has 3 atom stereocenters. The molecule has 3 unspecified atom stereocenters. The summed E-state index contributed by atoms with van der Waals surface area (Å²) in [6, 6.07) is 0. The molecule has 2 nitrogen and oxygen atoms in total. The summed E-state index contributed by atoms with van der Waals surface area (Å²) in [5.74, 6) is 2.16. The van der Waals surface area contributed by atoms with E-state index in [0.717, 1.165) is 25.0 Å². The summed E-state index contributed by atoms with van der Waals surface area (Å²) in [6.45, 7) is 16.7. The molecule has 23 heavy (non-hydrogen) atoms. The lowest BCUT2D eigenvalue weighted by atomic mass is 9.76. The first-order chi connectivity index (χ1) is 10.9. The summed E-state index contributed by atoms with van der Waals surface area (Å²) in [6.07, 6.45) is 12.0. The second kappa shape index (κ2) is 13.2. The molecule has 0 amide bonds. The average Bonchev–Trinajstić information content (AvgIpc) is 3.31. The van der Waals surface area contributed by atoms with Crippen molar-refractivity contribution in [3.05, 3.63) is 0 Å². The maximum atomic E-state index is 5.43. The lowest BCUT2D eigenvalue weighted by molar-refractivity contribution is -0.0104. The van der Waals surface area contributed by atoms with Gasteiger partial charge in [0.2, 0.25) is 0 Å². The summed E-state index contributed by atoms with van der Waals surface area (Å²) < 4.78 is 10.4. The highest BCUT2D eigenvalue weighted by atomic mass is 16.6. The van der Waals surface area contributed by atoms with E-state index in [1.54, 1.807) is 0 Å². The summed E-state index contributed by atoms with van der Waals surface area (Å²) >= 11 is 0. The minimum Gasteiger partial charge on any atom is -0.373 e. The van der Waals surface area contributed by atoms with Gasteiger partial charge in [-0.05, 0) is 32.6 Å². The minimum absolute atomic E-state index is 0.00799. The van der Waals surface area contributed by atoms with Gasteiger partial charge >= 0.3 is 0 Å². The van der Waals surface area contributed by atoms with E-state index >= 15 is 0 Å². The Hall–Kier alpha value is -0.0800. The number of hydrogen-bond donors (Lipinski definition) is 0. The molecule has 0 aromatic carbocycles. The Morgan fingerprint density at radius 2 is 1.48 bits per heavy atom. The highest BCUT2D eigenvalue weighted by Gasteiger charge is 2.25. The molecule has 0 bridgehead atoms. The second-order valence-corrected chi connectivity index (χ2v) is 8.09. The van der Waals surface area contributed by atoms with Gasteiger partial charge in [-0.3, -0.25) is 0 Å². The monoisotopic (exact) mass is 328 g/mol. The third kappa shape index (κ3) is 14.0. The molecule has 140 valence electrons. The fourth-order valence-corrected chi connectivity index (χ4v) is 3.08. The third-order valence-electron chi connectivity index (χ3n) is 4.35. The highest BCUT2D eigenvalue weighted by Crippen LogP contribution is 2.34. The van der Waals surface area contributed by atoms with Gasteiger partial charge in [-0.2, -0.15) is 0 Å². The van der Waals surface area contributed by atoms with Gasteiger partial charge in [0.25, 0.3) is 0 Å². The first kappa shape index (κ1) is 22.9. The molecule has 1 saturated carbocycles. The van der Waals surface area contributed by atoms with Crippen molar-refractivity contribution < 1.29 is 9.47 Å². The van der Waals surface area contributed by atoms with Gasteiger partial charge in [0, 0.05) is 0 Å². The van der Waals surface area contributed by atoms with Crippen molar-refractivity contribution >= 4 is 0 Å². The fraction of sp³-hybridized carbons (Fsp3) is 1.00. The van der Waals surface area contributed by atoms with Crippen LogP contribution in [0.4, 0.5) is 0 Å². The number of ether oxygens (including phenoxy) is 2. The Bertz CT molecular complexity index is 251. The lowest BCUT2D eigenvalue weighted by Crippen LogP contribution is -2.21. The van der Waals surface area contributed by atoms with Crippen molar-refractivity contribution in [3.8, 4) is 0 Å². The van der Waals surface area contributed by atoms with E-state index < -0.39 is 0 Å². The summed E-state index contributed by atoms with van der Waals surface area (Å²) in [4.78, 5) is 0. The van der Waals surface area contributed by atoms with E-state index in [1.165, 1.54) is 51.4 Å². The topological polar surface area (TPSA) is 21.8 Å². The van der Waals surface area contributed by atoms with Gasteiger partial charge in [-0.25, -0.2) is 0 Å². The molecule has 2 aliphatic rings. The molecule has 0 spiro atoms. The molecule has 1 aliphatic heterocycles. The third-order valence-corrected chi connectivity index (χ3v) is 4.35. The predicted octanol–water partition coefficient (Wildman–Crippen LogP) is 6.62. The van der Waals surface area contributed by atoms with Crippen molar-refractivity contribution in [2.24, 2.45) is 11.8 Å². The van der Waals surface area contributed by atoms with Crippen LogP contribution in [0.5, 0.6) is 0 Å². The molecule has 0 aromatic heterocycles. The Labute approximate surface area is 146 Å². The van der Waals surface area contributed by atoms with Crippen molar-refractivity contribution in [2.45, 2.75) is 112 Å². The zero-order valence-electron chi connectivity index (χ0n) is 17.1. The van der Waals surface area contributed by atoms with Gasteiger partial charge in [0.05, 0.1) is 18.8 Å². The molecule has 0 radical (unpaired) electrons. The van der Waals surface area contributed by atoms with Crippen LogP contribution in [0.25, 0.3) is 0 Å². The van der Waals surface area contributed by atoms with Crippen LogP contribution < -0.4 is 0 Å².